The van der Waals surface area contributed by atoms with Crippen LogP contribution in [-0.4, -0.2) is 85.5 Å². The van der Waals surface area contributed by atoms with Gasteiger partial charge in [-0.3, -0.25) is 14.5 Å². The van der Waals surface area contributed by atoms with Gasteiger partial charge < -0.3 is 25.3 Å². The minimum Gasteiger partial charge on any atom is -0.481 e. The third kappa shape index (κ3) is 8.21. The number of H-pyrrole nitrogens is 2. The van der Waals surface area contributed by atoms with E-state index in [1.165, 1.54) is 76.6 Å². The summed E-state index contributed by atoms with van der Waals surface area (Å²) in [5, 5.41) is 12.6. The molecule has 3 fully saturated rings. The molecule has 1 aliphatic carbocycles. The summed E-state index contributed by atoms with van der Waals surface area (Å²) in [7, 11) is 0. The quantitative estimate of drug-likeness (QED) is 0.217. The summed E-state index contributed by atoms with van der Waals surface area (Å²) >= 11 is 0. The number of benzene rings is 1. The lowest BCUT2D eigenvalue weighted by molar-refractivity contribution is -0.137. The highest BCUT2D eigenvalue weighted by Crippen LogP contribution is 2.42. The van der Waals surface area contributed by atoms with Gasteiger partial charge in [-0.1, -0.05) is 31.4 Å². The molecule has 10 nitrogen and oxygen atoms in total. The maximum atomic E-state index is 13.3. The number of rotatable bonds is 13. The molecule has 1 saturated carbocycles. The van der Waals surface area contributed by atoms with Gasteiger partial charge in [-0.25, -0.2) is 9.97 Å². The maximum absolute atomic E-state index is 13.3. The normalized spacial score (nSPS) is 19.6. The Kier molecular flexibility index (Phi) is 10.00. The Hall–Kier alpha value is -3.50. The van der Waals surface area contributed by atoms with Crippen molar-refractivity contribution in [1.82, 2.24) is 35.1 Å². The molecule has 0 atom stereocenters. The molecular formula is C35H49N7O3. The second kappa shape index (κ2) is 14.3. The van der Waals surface area contributed by atoms with Crippen molar-refractivity contribution in [2.45, 2.75) is 89.6 Å². The standard InChI is InChI=1S/C35H49N7O3/c43-32(44)10-11-35(22-30-36-15-16-37-30,23-31-38-17-18-39-31)25-40-33(45)28-8-6-27(7-9-28)24-41-19-12-34(26-41)13-20-42(21-14-34)29-4-2-1-3-5-29/h6-9,15-18,29H,1-5,10-14,19-26H2,(H,36,37)(H,38,39)(H,40,45)(H,43,44). The van der Waals surface area contributed by atoms with Crippen molar-refractivity contribution in [2.75, 3.05) is 32.7 Å². The molecule has 242 valence electrons. The van der Waals surface area contributed by atoms with Crippen LogP contribution < -0.4 is 5.32 Å². The fourth-order valence-electron chi connectivity index (χ4n) is 8.09. The number of aromatic nitrogens is 4. The number of carboxylic acids is 1. The van der Waals surface area contributed by atoms with Gasteiger partial charge in [0.2, 0.25) is 0 Å². The molecule has 1 amide bonds. The maximum Gasteiger partial charge on any atom is 0.303 e. The van der Waals surface area contributed by atoms with Gasteiger partial charge in [-0.2, -0.15) is 0 Å². The predicted molar refractivity (Wildman–Crippen MR) is 173 cm³/mol. The smallest absolute Gasteiger partial charge is 0.303 e. The summed E-state index contributed by atoms with van der Waals surface area (Å²) in [4.78, 5) is 45.4. The lowest BCUT2D eigenvalue weighted by Crippen LogP contribution is -2.46. The number of likely N-dealkylation sites (tertiary alicyclic amines) is 2. The van der Waals surface area contributed by atoms with E-state index in [0.717, 1.165) is 30.8 Å². The van der Waals surface area contributed by atoms with Crippen molar-refractivity contribution in [1.29, 1.82) is 0 Å². The minimum atomic E-state index is -0.867. The molecule has 3 aromatic rings. The van der Waals surface area contributed by atoms with Crippen molar-refractivity contribution in [3.63, 3.8) is 0 Å². The van der Waals surface area contributed by atoms with Crippen molar-refractivity contribution >= 4 is 11.9 Å². The first-order chi connectivity index (χ1) is 21.9. The molecule has 2 aromatic heterocycles. The van der Waals surface area contributed by atoms with Crippen LogP contribution in [0.3, 0.4) is 0 Å². The second-order valence-electron chi connectivity index (χ2n) is 14.0. The zero-order valence-corrected chi connectivity index (χ0v) is 26.5. The van der Waals surface area contributed by atoms with Crippen LogP contribution in [0.25, 0.3) is 0 Å². The molecular weight excluding hydrogens is 566 g/mol. The largest absolute Gasteiger partial charge is 0.481 e. The lowest BCUT2D eigenvalue weighted by Gasteiger charge is -2.43. The molecule has 3 aliphatic rings. The molecule has 4 heterocycles. The average molecular weight is 616 g/mol. The first-order valence-corrected chi connectivity index (χ1v) is 16.9. The van der Waals surface area contributed by atoms with Gasteiger partial charge in [0.05, 0.1) is 0 Å². The molecule has 2 aliphatic heterocycles. The van der Waals surface area contributed by atoms with Crippen LogP contribution >= 0.6 is 0 Å². The van der Waals surface area contributed by atoms with Crippen molar-refractivity contribution < 1.29 is 14.7 Å². The van der Waals surface area contributed by atoms with E-state index < -0.39 is 11.4 Å². The molecule has 1 aromatic carbocycles. The Morgan fingerprint density at radius 1 is 0.933 bits per heavy atom. The van der Waals surface area contributed by atoms with E-state index in [9.17, 15) is 14.7 Å². The van der Waals surface area contributed by atoms with Crippen molar-refractivity contribution in [3.05, 3.63) is 71.8 Å². The van der Waals surface area contributed by atoms with Gasteiger partial charge in [-0.15, -0.1) is 0 Å². The number of carbonyl (C=O) groups is 2. The summed E-state index contributed by atoms with van der Waals surface area (Å²) in [6.07, 6.45) is 19.2. The number of piperidine rings is 1. The van der Waals surface area contributed by atoms with Gasteiger partial charge in [0.1, 0.15) is 11.6 Å². The average Bonchev–Trinajstić information content (AvgIpc) is 3.84. The third-order valence-corrected chi connectivity index (χ3v) is 10.8. The number of imidazole rings is 2. The van der Waals surface area contributed by atoms with E-state index >= 15 is 0 Å². The first kappa shape index (κ1) is 31.5. The number of amides is 1. The number of nitrogens with one attached hydrogen (secondary N) is 3. The fraction of sp³-hybridized carbons (Fsp3) is 0.600. The second-order valence-corrected chi connectivity index (χ2v) is 14.0. The van der Waals surface area contributed by atoms with E-state index in [0.29, 0.717) is 36.8 Å². The van der Waals surface area contributed by atoms with Crippen molar-refractivity contribution in [2.24, 2.45) is 10.8 Å². The summed E-state index contributed by atoms with van der Waals surface area (Å²) in [5.41, 5.74) is 1.73. The van der Waals surface area contributed by atoms with Crippen LogP contribution in [0.4, 0.5) is 0 Å². The molecule has 1 spiro atoms. The molecule has 45 heavy (non-hydrogen) atoms. The Morgan fingerprint density at radius 2 is 1.58 bits per heavy atom. The number of carbonyl (C=O) groups excluding carboxylic acids is 1. The van der Waals surface area contributed by atoms with Gasteiger partial charge >= 0.3 is 5.97 Å². The highest BCUT2D eigenvalue weighted by molar-refractivity contribution is 5.94. The zero-order chi connectivity index (χ0) is 31.1. The van der Waals surface area contributed by atoms with Crippen LogP contribution in [0.15, 0.2) is 49.1 Å². The van der Waals surface area contributed by atoms with Crippen LogP contribution in [0.5, 0.6) is 0 Å². The van der Waals surface area contributed by atoms with Crippen LogP contribution in [0.1, 0.15) is 91.8 Å². The van der Waals surface area contributed by atoms with Crippen LogP contribution in [0.2, 0.25) is 0 Å². The molecule has 10 heteroatoms. The zero-order valence-electron chi connectivity index (χ0n) is 26.5. The predicted octanol–water partition coefficient (Wildman–Crippen LogP) is 4.82. The van der Waals surface area contributed by atoms with Gasteiger partial charge in [0, 0.05) is 80.7 Å². The number of nitrogens with zero attached hydrogens (tertiary/aromatic N) is 4. The van der Waals surface area contributed by atoms with Crippen LogP contribution in [0, 0.1) is 10.8 Å². The van der Waals surface area contributed by atoms with Gasteiger partial charge in [0.25, 0.3) is 5.91 Å². The number of aromatic amines is 2. The summed E-state index contributed by atoms with van der Waals surface area (Å²) in [6, 6.07) is 8.82. The highest BCUT2D eigenvalue weighted by Gasteiger charge is 2.41. The molecule has 0 radical (unpaired) electrons. The minimum absolute atomic E-state index is 0.0114. The van der Waals surface area contributed by atoms with E-state index in [-0.39, 0.29) is 12.3 Å². The third-order valence-electron chi connectivity index (χ3n) is 10.8. The van der Waals surface area contributed by atoms with E-state index in [1.54, 1.807) is 24.8 Å². The topological polar surface area (TPSA) is 130 Å². The Bertz CT molecular complexity index is 1320. The summed E-state index contributed by atoms with van der Waals surface area (Å²) in [5.74, 6) is 0.479. The first-order valence-electron chi connectivity index (χ1n) is 16.9. The number of hydrogen-bond acceptors (Lipinski definition) is 6. The Labute approximate surface area is 266 Å². The molecule has 0 unspecified atom stereocenters. The van der Waals surface area contributed by atoms with E-state index in [4.69, 9.17) is 0 Å². The monoisotopic (exact) mass is 615 g/mol. The number of hydrogen-bond donors (Lipinski definition) is 4. The van der Waals surface area contributed by atoms with E-state index in [2.05, 4.69) is 47.2 Å². The summed E-state index contributed by atoms with van der Waals surface area (Å²) in [6.45, 7) is 6.08. The lowest BCUT2D eigenvalue weighted by atomic mass is 9.76. The molecule has 6 rings (SSSR count). The Morgan fingerprint density at radius 3 is 2.18 bits per heavy atom. The van der Waals surface area contributed by atoms with Gasteiger partial charge in [0.15, 0.2) is 0 Å². The SMILES string of the molecule is O=C(O)CCC(CNC(=O)c1ccc(CN2CCC3(CCN(C4CCCCC4)CC3)C2)cc1)(Cc1ncc[nH]1)Cc1ncc[nH]1. The summed E-state index contributed by atoms with van der Waals surface area (Å²) < 4.78 is 0. The van der Waals surface area contributed by atoms with Crippen LogP contribution in [-0.2, 0) is 24.2 Å². The van der Waals surface area contributed by atoms with Crippen molar-refractivity contribution in [3.8, 4) is 0 Å². The number of aliphatic carboxylic acids is 1. The van der Waals surface area contributed by atoms with E-state index in [1.807, 2.05) is 12.1 Å². The Balaban J connectivity index is 1.03. The van der Waals surface area contributed by atoms with Gasteiger partial charge in [-0.05, 0) is 81.3 Å². The fourth-order valence-corrected chi connectivity index (χ4v) is 8.09. The molecule has 0 bridgehead atoms. The highest BCUT2D eigenvalue weighted by atomic mass is 16.4. The molecule has 4 N–H and O–H groups in total. The molecule has 2 saturated heterocycles. The number of carboxylic acid groups (broad SMARTS) is 1.